The zero-order valence-electron chi connectivity index (χ0n) is 13.5. The van der Waals surface area contributed by atoms with Crippen LogP contribution < -0.4 is 0 Å². The average Bonchev–Trinajstić information content (AvgIpc) is 3.07. The zero-order valence-corrected chi connectivity index (χ0v) is 13.5. The van der Waals surface area contributed by atoms with Crippen molar-refractivity contribution in [2.45, 2.75) is 64.1 Å². The summed E-state index contributed by atoms with van der Waals surface area (Å²) >= 11 is 0. The predicted octanol–water partition coefficient (Wildman–Crippen LogP) is 1.22. The molecule has 3 atom stereocenters. The molecule has 124 valence electrons. The first-order valence-corrected chi connectivity index (χ1v) is 7.61. The molecular formula is C15H24N2O5. The molecule has 2 saturated heterocycles. The first-order chi connectivity index (χ1) is 10.3. The topological polar surface area (TPSA) is 75.0 Å². The van der Waals surface area contributed by atoms with Crippen LogP contribution in [0.1, 0.15) is 39.5 Å². The molecule has 0 amide bonds. The highest BCUT2D eigenvalue weighted by Gasteiger charge is 2.50. The van der Waals surface area contributed by atoms with Crippen LogP contribution >= 0.6 is 0 Å². The van der Waals surface area contributed by atoms with Crippen molar-refractivity contribution in [3.8, 4) is 0 Å². The summed E-state index contributed by atoms with van der Waals surface area (Å²) in [7, 11) is 0. The van der Waals surface area contributed by atoms with Crippen molar-refractivity contribution in [3.63, 3.8) is 0 Å². The lowest BCUT2D eigenvalue weighted by atomic mass is 10.1. The minimum Gasteiger partial charge on any atom is -0.394 e. The summed E-state index contributed by atoms with van der Waals surface area (Å²) in [4.78, 5) is 0. The lowest BCUT2D eigenvalue weighted by molar-refractivity contribution is -0.174. The molecule has 7 heteroatoms. The van der Waals surface area contributed by atoms with Crippen molar-refractivity contribution in [1.29, 1.82) is 0 Å². The molecule has 1 aromatic rings. The summed E-state index contributed by atoms with van der Waals surface area (Å²) in [5.74, 6) is -1.31. The van der Waals surface area contributed by atoms with Gasteiger partial charge in [0.15, 0.2) is 11.6 Å². The van der Waals surface area contributed by atoms with Crippen LogP contribution in [-0.4, -0.2) is 51.9 Å². The molecule has 0 aliphatic carbocycles. The van der Waals surface area contributed by atoms with Gasteiger partial charge in [0.1, 0.15) is 18.3 Å². The quantitative estimate of drug-likeness (QED) is 0.901. The van der Waals surface area contributed by atoms with Crippen molar-refractivity contribution in [1.82, 2.24) is 9.78 Å². The maximum absolute atomic E-state index is 9.01. The second kappa shape index (κ2) is 5.58. The second-order valence-electron chi connectivity index (χ2n) is 6.62. The Morgan fingerprint density at radius 3 is 2.64 bits per heavy atom. The highest BCUT2D eigenvalue weighted by Crippen LogP contribution is 2.42. The summed E-state index contributed by atoms with van der Waals surface area (Å²) < 4.78 is 25.3. The van der Waals surface area contributed by atoms with Gasteiger partial charge in [-0.1, -0.05) is 0 Å². The molecule has 0 unspecified atom stereocenters. The first kappa shape index (κ1) is 15.9. The maximum atomic E-state index is 9.01. The van der Waals surface area contributed by atoms with Crippen LogP contribution in [0.2, 0.25) is 0 Å². The van der Waals surface area contributed by atoms with Crippen molar-refractivity contribution in [3.05, 3.63) is 18.0 Å². The molecule has 0 saturated carbocycles. The van der Waals surface area contributed by atoms with Gasteiger partial charge in [-0.15, -0.1) is 0 Å². The van der Waals surface area contributed by atoms with Crippen LogP contribution in [0, 0.1) is 0 Å². The maximum Gasteiger partial charge on any atom is 0.164 e. The van der Waals surface area contributed by atoms with Gasteiger partial charge in [-0.3, -0.25) is 4.68 Å². The Bertz CT molecular complexity index is 528. The molecule has 7 nitrogen and oxygen atoms in total. The zero-order chi connectivity index (χ0) is 16.0. The fraction of sp³-hybridized carbons (Fsp3) is 0.800. The molecule has 3 rings (SSSR count). The molecule has 22 heavy (non-hydrogen) atoms. The Hall–Kier alpha value is -0.990. The third kappa shape index (κ3) is 3.18. The molecule has 2 fully saturated rings. The van der Waals surface area contributed by atoms with E-state index in [1.807, 2.05) is 40.0 Å². The van der Waals surface area contributed by atoms with E-state index in [1.54, 1.807) is 4.68 Å². The predicted molar refractivity (Wildman–Crippen MR) is 77.0 cm³/mol. The van der Waals surface area contributed by atoms with E-state index in [-0.39, 0.29) is 24.9 Å². The first-order valence-electron chi connectivity index (χ1n) is 7.61. The molecule has 0 bridgehead atoms. The number of ether oxygens (including phenoxy) is 4. The van der Waals surface area contributed by atoms with Crippen LogP contribution in [0.4, 0.5) is 0 Å². The molecule has 0 spiro atoms. The molecule has 2 aliphatic rings. The van der Waals surface area contributed by atoms with E-state index in [1.165, 1.54) is 0 Å². The number of aromatic nitrogens is 2. The van der Waals surface area contributed by atoms with E-state index >= 15 is 0 Å². The van der Waals surface area contributed by atoms with Gasteiger partial charge in [0.25, 0.3) is 0 Å². The van der Waals surface area contributed by atoms with Gasteiger partial charge in [-0.05, 0) is 33.8 Å². The average molecular weight is 312 g/mol. The van der Waals surface area contributed by atoms with Gasteiger partial charge in [0.05, 0.1) is 25.5 Å². The largest absolute Gasteiger partial charge is 0.394 e. The number of nitrogens with zero attached hydrogens (tertiary/aromatic N) is 2. The Morgan fingerprint density at radius 1 is 1.23 bits per heavy atom. The molecule has 2 aliphatic heterocycles. The van der Waals surface area contributed by atoms with Gasteiger partial charge in [-0.25, -0.2) is 0 Å². The minimum atomic E-state index is -0.702. The van der Waals surface area contributed by atoms with Gasteiger partial charge >= 0.3 is 0 Å². The van der Waals surface area contributed by atoms with Crippen LogP contribution in [0.25, 0.3) is 0 Å². The molecule has 1 N–H and O–H groups in total. The third-order valence-corrected chi connectivity index (χ3v) is 3.81. The highest BCUT2D eigenvalue weighted by atomic mass is 16.8. The summed E-state index contributed by atoms with van der Waals surface area (Å²) in [6, 6.07) is 1.89. The Morgan fingerprint density at radius 2 is 2.00 bits per heavy atom. The van der Waals surface area contributed by atoms with Gasteiger partial charge in [0, 0.05) is 6.20 Å². The number of hydrogen-bond acceptors (Lipinski definition) is 6. The number of aliphatic hydroxyl groups excluding tert-OH is 1. The van der Waals surface area contributed by atoms with Crippen molar-refractivity contribution in [2.24, 2.45) is 0 Å². The molecule has 0 radical (unpaired) electrons. The third-order valence-electron chi connectivity index (χ3n) is 3.81. The van der Waals surface area contributed by atoms with Gasteiger partial charge in [-0.2, -0.15) is 5.10 Å². The number of aliphatic hydroxyl groups is 1. The normalized spacial score (nSPS) is 33.4. The van der Waals surface area contributed by atoms with Crippen LogP contribution in [0.5, 0.6) is 0 Å². The fourth-order valence-electron chi connectivity index (χ4n) is 2.92. The molecule has 1 aromatic heterocycles. The molecule has 3 heterocycles. The minimum absolute atomic E-state index is 0.0475. The van der Waals surface area contributed by atoms with Gasteiger partial charge in [0.2, 0.25) is 0 Å². The summed E-state index contributed by atoms with van der Waals surface area (Å²) in [5.41, 5.74) is 0.775. The standard InChI is InChI=1S/C15H24N2O5/c1-14(2)19-9-11(20-14)13-12(21-15(3,4)22-13)10-5-6-17(16-10)7-8-18/h5-6,11-13,18H,7-9H2,1-4H3/t11-,12-,13-/m1/s1. The van der Waals surface area contributed by atoms with E-state index < -0.39 is 11.6 Å². The summed E-state index contributed by atoms with van der Waals surface area (Å²) in [5, 5.41) is 13.5. The van der Waals surface area contributed by atoms with Crippen LogP contribution in [0.15, 0.2) is 12.3 Å². The molecule has 0 aromatic carbocycles. The Balaban J connectivity index is 1.80. The summed E-state index contributed by atoms with van der Waals surface area (Å²) in [6.07, 6.45) is 1.02. The highest BCUT2D eigenvalue weighted by molar-refractivity contribution is 5.09. The van der Waals surface area contributed by atoms with Crippen molar-refractivity contribution in [2.75, 3.05) is 13.2 Å². The number of hydrogen-bond donors (Lipinski definition) is 1. The van der Waals surface area contributed by atoms with Crippen molar-refractivity contribution >= 4 is 0 Å². The fourth-order valence-corrected chi connectivity index (χ4v) is 2.92. The van der Waals surface area contributed by atoms with Crippen molar-refractivity contribution < 1.29 is 24.1 Å². The Labute approximate surface area is 130 Å². The van der Waals surface area contributed by atoms with Crippen LogP contribution in [-0.2, 0) is 25.5 Å². The van der Waals surface area contributed by atoms with E-state index in [0.29, 0.717) is 13.2 Å². The lowest BCUT2D eigenvalue weighted by Gasteiger charge is -2.23. The van der Waals surface area contributed by atoms with Crippen LogP contribution in [0.3, 0.4) is 0 Å². The van der Waals surface area contributed by atoms with E-state index in [2.05, 4.69) is 5.10 Å². The lowest BCUT2D eigenvalue weighted by Crippen LogP contribution is -2.35. The van der Waals surface area contributed by atoms with E-state index in [0.717, 1.165) is 5.69 Å². The van der Waals surface area contributed by atoms with Gasteiger partial charge < -0.3 is 24.1 Å². The number of rotatable bonds is 4. The SMILES string of the molecule is CC1(C)O[C@H]([C@H]2COC(C)(C)O2)[C@@H](c2ccn(CCO)n2)O1. The van der Waals surface area contributed by atoms with E-state index in [4.69, 9.17) is 24.1 Å². The molecular weight excluding hydrogens is 288 g/mol. The summed E-state index contributed by atoms with van der Waals surface area (Å²) in [6.45, 7) is 8.50. The monoisotopic (exact) mass is 312 g/mol. The van der Waals surface area contributed by atoms with E-state index in [9.17, 15) is 0 Å². The smallest absolute Gasteiger partial charge is 0.164 e. The second-order valence-corrected chi connectivity index (χ2v) is 6.62. The Kier molecular flexibility index (Phi) is 4.03.